The summed E-state index contributed by atoms with van der Waals surface area (Å²) in [5.74, 6) is -0.392. The van der Waals surface area contributed by atoms with Crippen LogP contribution in [0.15, 0.2) is 53.0 Å². The van der Waals surface area contributed by atoms with E-state index in [2.05, 4.69) is 20.9 Å². The first-order valence-electron chi connectivity index (χ1n) is 10.7. The Morgan fingerprint density at radius 1 is 0.818 bits per heavy atom. The maximum atomic E-state index is 12.8. The molecule has 3 rings (SSSR count). The molecule has 172 valence electrons. The third-order valence-electron chi connectivity index (χ3n) is 4.98. The van der Waals surface area contributed by atoms with Crippen molar-refractivity contribution in [2.45, 2.75) is 34.3 Å². The van der Waals surface area contributed by atoms with Crippen LogP contribution in [0.3, 0.4) is 0 Å². The Kier molecular flexibility index (Phi) is 8.22. The van der Waals surface area contributed by atoms with E-state index < -0.39 is 11.9 Å². The van der Waals surface area contributed by atoms with Crippen molar-refractivity contribution < 1.29 is 23.8 Å². The van der Waals surface area contributed by atoms with Gasteiger partial charge in [0, 0.05) is 10.0 Å². The number of hydrogen-bond donors (Lipinski definition) is 0. The Bertz CT molecular complexity index is 1100. The maximum Gasteiger partial charge on any atom is 0.340 e. The molecule has 2 aromatic carbocycles. The molecule has 3 aromatic rings. The number of hydrogen-bond acceptors (Lipinski definition) is 6. The molecule has 0 aliphatic heterocycles. The lowest BCUT2D eigenvalue weighted by Gasteiger charge is -2.18. The van der Waals surface area contributed by atoms with Gasteiger partial charge in [0.25, 0.3) is 0 Å². The van der Waals surface area contributed by atoms with Gasteiger partial charge in [0.15, 0.2) is 0 Å². The summed E-state index contributed by atoms with van der Waals surface area (Å²) in [5.41, 5.74) is 3.66. The van der Waals surface area contributed by atoms with Crippen LogP contribution in [0.25, 0.3) is 11.1 Å². The molecule has 1 aromatic heterocycles. The Morgan fingerprint density at radius 3 is 1.82 bits per heavy atom. The van der Waals surface area contributed by atoms with Crippen molar-refractivity contribution in [1.82, 2.24) is 4.98 Å². The molecule has 0 aliphatic rings. The van der Waals surface area contributed by atoms with Gasteiger partial charge in [-0.1, -0.05) is 40.2 Å². The van der Waals surface area contributed by atoms with Gasteiger partial charge in [-0.2, -0.15) is 0 Å². The molecule has 33 heavy (non-hydrogen) atoms. The fourth-order valence-corrected chi connectivity index (χ4v) is 3.77. The van der Waals surface area contributed by atoms with E-state index in [1.54, 1.807) is 27.7 Å². The van der Waals surface area contributed by atoms with Crippen molar-refractivity contribution in [3.63, 3.8) is 0 Å². The molecule has 0 radical (unpaired) electrons. The van der Waals surface area contributed by atoms with Gasteiger partial charge in [-0.05, 0) is 63.1 Å². The van der Waals surface area contributed by atoms with Crippen LogP contribution < -0.4 is 4.74 Å². The number of benzene rings is 2. The number of aromatic nitrogens is 1. The van der Waals surface area contributed by atoms with Gasteiger partial charge in [-0.15, -0.1) is 0 Å². The predicted octanol–water partition coefficient (Wildman–Crippen LogP) is 6.06. The van der Waals surface area contributed by atoms with Crippen molar-refractivity contribution in [3.8, 4) is 16.9 Å². The van der Waals surface area contributed by atoms with E-state index in [1.165, 1.54) is 0 Å². The molecule has 7 heteroatoms. The third kappa shape index (κ3) is 5.79. The van der Waals surface area contributed by atoms with Crippen LogP contribution in [-0.4, -0.2) is 30.1 Å². The van der Waals surface area contributed by atoms with Gasteiger partial charge in [-0.25, -0.2) is 9.59 Å². The van der Waals surface area contributed by atoms with E-state index in [-0.39, 0.29) is 24.3 Å². The highest BCUT2D eigenvalue weighted by Gasteiger charge is 2.27. The van der Waals surface area contributed by atoms with Gasteiger partial charge in [0.2, 0.25) is 0 Å². The van der Waals surface area contributed by atoms with E-state index in [9.17, 15) is 9.59 Å². The SMILES string of the molecule is CCOC(=O)c1c(C)nc(C)c(C(=O)OCC)c1-c1ccc(OCc2ccc(Br)cc2)cc1. The molecule has 0 atom stereocenters. The molecule has 0 fully saturated rings. The lowest BCUT2D eigenvalue weighted by atomic mass is 9.92. The predicted molar refractivity (Wildman–Crippen MR) is 130 cm³/mol. The number of ether oxygens (including phenoxy) is 3. The Labute approximate surface area is 202 Å². The molecule has 0 amide bonds. The molecular formula is C26H26BrNO5. The summed E-state index contributed by atoms with van der Waals surface area (Å²) in [6.45, 7) is 7.77. The molecule has 0 aliphatic carbocycles. The monoisotopic (exact) mass is 511 g/mol. The van der Waals surface area contributed by atoms with Crippen LogP contribution in [-0.2, 0) is 16.1 Å². The molecule has 6 nitrogen and oxygen atoms in total. The number of pyridine rings is 1. The molecule has 0 unspecified atom stereocenters. The average Bonchev–Trinajstić information content (AvgIpc) is 2.79. The minimum absolute atomic E-state index is 0.211. The highest BCUT2D eigenvalue weighted by Crippen LogP contribution is 2.33. The van der Waals surface area contributed by atoms with Crippen LogP contribution >= 0.6 is 15.9 Å². The topological polar surface area (TPSA) is 74.7 Å². The van der Waals surface area contributed by atoms with Gasteiger partial charge in [0.1, 0.15) is 12.4 Å². The van der Waals surface area contributed by atoms with Crippen LogP contribution in [0, 0.1) is 13.8 Å². The molecular weight excluding hydrogens is 486 g/mol. The largest absolute Gasteiger partial charge is 0.489 e. The number of carbonyl (C=O) groups excluding carboxylic acids is 2. The van der Waals surface area contributed by atoms with E-state index >= 15 is 0 Å². The highest BCUT2D eigenvalue weighted by atomic mass is 79.9. The van der Waals surface area contributed by atoms with Gasteiger partial charge in [0.05, 0.1) is 35.7 Å². The van der Waals surface area contributed by atoms with E-state index in [0.29, 0.717) is 34.9 Å². The van der Waals surface area contributed by atoms with E-state index in [4.69, 9.17) is 14.2 Å². The van der Waals surface area contributed by atoms with Crippen LogP contribution in [0.4, 0.5) is 0 Å². The van der Waals surface area contributed by atoms with Crippen LogP contribution in [0.1, 0.15) is 51.5 Å². The van der Waals surface area contributed by atoms with Crippen LogP contribution in [0.5, 0.6) is 5.75 Å². The number of carbonyl (C=O) groups is 2. The lowest BCUT2D eigenvalue weighted by Crippen LogP contribution is -2.17. The number of esters is 2. The first-order valence-corrected chi connectivity index (χ1v) is 11.5. The third-order valence-corrected chi connectivity index (χ3v) is 5.51. The Hall–Kier alpha value is -3.19. The number of rotatable bonds is 8. The van der Waals surface area contributed by atoms with Crippen molar-refractivity contribution in [1.29, 1.82) is 0 Å². The first-order chi connectivity index (χ1) is 15.8. The molecule has 0 spiro atoms. The summed E-state index contributed by atoms with van der Waals surface area (Å²) in [6.07, 6.45) is 0. The smallest absolute Gasteiger partial charge is 0.340 e. The standard InChI is InChI=1S/C26H26BrNO5/c1-5-31-25(29)22-16(3)28-17(4)23(26(30)32-6-2)24(22)19-9-13-21(14-10-19)33-15-18-7-11-20(27)12-8-18/h7-14H,5-6,15H2,1-4H3. The number of halogens is 1. The Balaban J connectivity index is 2.01. The lowest BCUT2D eigenvalue weighted by molar-refractivity contribution is 0.0525. The summed E-state index contributed by atoms with van der Waals surface area (Å²) in [4.78, 5) is 30.0. The zero-order valence-corrected chi connectivity index (χ0v) is 20.7. The zero-order chi connectivity index (χ0) is 24.0. The van der Waals surface area contributed by atoms with Gasteiger partial charge in [-0.3, -0.25) is 4.98 Å². The minimum atomic E-state index is -0.529. The fraction of sp³-hybridized carbons (Fsp3) is 0.269. The normalized spacial score (nSPS) is 10.6. The number of aryl methyl sites for hydroxylation is 2. The summed E-state index contributed by atoms with van der Waals surface area (Å²) in [5, 5.41) is 0. The summed E-state index contributed by atoms with van der Waals surface area (Å²) >= 11 is 3.42. The fourth-order valence-electron chi connectivity index (χ4n) is 3.51. The summed E-state index contributed by atoms with van der Waals surface area (Å²) < 4.78 is 17.4. The molecule has 0 N–H and O–H groups in total. The highest BCUT2D eigenvalue weighted by molar-refractivity contribution is 9.10. The molecule has 0 saturated carbocycles. The first kappa shape index (κ1) is 24.5. The second-order valence-electron chi connectivity index (χ2n) is 7.29. The molecule has 0 bridgehead atoms. The minimum Gasteiger partial charge on any atom is -0.489 e. The van der Waals surface area contributed by atoms with Crippen molar-refractivity contribution in [2.24, 2.45) is 0 Å². The zero-order valence-electron chi connectivity index (χ0n) is 19.1. The average molecular weight is 512 g/mol. The summed E-state index contributed by atoms with van der Waals surface area (Å²) in [6, 6.07) is 15.1. The van der Waals surface area contributed by atoms with Crippen molar-refractivity contribution >= 4 is 27.9 Å². The summed E-state index contributed by atoms with van der Waals surface area (Å²) in [7, 11) is 0. The van der Waals surface area contributed by atoms with E-state index in [0.717, 1.165) is 10.0 Å². The van der Waals surface area contributed by atoms with Gasteiger partial charge >= 0.3 is 11.9 Å². The quantitative estimate of drug-likeness (QED) is 0.342. The van der Waals surface area contributed by atoms with Crippen LogP contribution in [0.2, 0.25) is 0 Å². The van der Waals surface area contributed by atoms with E-state index in [1.807, 2.05) is 48.5 Å². The second kappa shape index (κ2) is 11.1. The molecule has 0 saturated heterocycles. The number of nitrogens with zero attached hydrogens (tertiary/aromatic N) is 1. The van der Waals surface area contributed by atoms with Crippen molar-refractivity contribution in [3.05, 3.63) is 81.1 Å². The van der Waals surface area contributed by atoms with Gasteiger partial charge < -0.3 is 14.2 Å². The molecule has 1 heterocycles. The Morgan fingerprint density at radius 2 is 1.33 bits per heavy atom. The van der Waals surface area contributed by atoms with Crippen molar-refractivity contribution in [2.75, 3.05) is 13.2 Å². The maximum absolute atomic E-state index is 12.8. The second-order valence-corrected chi connectivity index (χ2v) is 8.20.